The lowest BCUT2D eigenvalue weighted by Crippen LogP contribution is -2.10. The van der Waals surface area contributed by atoms with Crippen molar-refractivity contribution in [2.24, 2.45) is 0 Å². The average Bonchev–Trinajstić information content (AvgIpc) is 2.16. The van der Waals surface area contributed by atoms with Gasteiger partial charge in [0.15, 0.2) is 0 Å². The van der Waals surface area contributed by atoms with Gasteiger partial charge in [0.25, 0.3) is 0 Å². The molecule has 0 fully saturated rings. The van der Waals surface area contributed by atoms with E-state index in [0.29, 0.717) is 10.9 Å². The summed E-state index contributed by atoms with van der Waals surface area (Å²) in [5.74, 6) is 0.272. The van der Waals surface area contributed by atoms with E-state index in [1.165, 1.54) is 0 Å². The molecule has 2 rings (SSSR count). The van der Waals surface area contributed by atoms with Crippen molar-refractivity contribution in [1.29, 1.82) is 0 Å². The standard InChI is InChI=1S/C11H11NO3/c1-7(13)6-10-12-9-5-3-2-4-8(9)11(14)15-10/h2-5,7,13H,6H2,1H3. The quantitative estimate of drug-likeness (QED) is 0.797. The van der Waals surface area contributed by atoms with Crippen LogP contribution in [-0.4, -0.2) is 16.2 Å². The van der Waals surface area contributed by atoms with Crippen LogP contribution in [0.3, 0.4) is 0 Å². The SMILES string of the molecule is CC(O)Cc1nc2ccccc2c(=O)o1. The number of aliphatic hydroxyl groups is 1. The predicted molar refractivity (Wildman–Crippen MR) is 55.7 cm³/mol. The summed E-state index contributed by atoms with van der Waals surface area (Å²) >= 11 is 0. The highest BCUT2D eigenvalue weighted by molar-refractivity contribution is 5.76. The maximum atomic E-state index is 11.5. The van der Waals surface area contributed by atoms with Gasteiger partial charge in [0.2, 0.25) is 5.89 Å². The molecule has 4 nitrogen and oxygen atoms in total. The number of para-hydroxylation sites is 1. The summed E-state index contributed by atoms with van der Waals surface area (Å²) in [4.78, 5) is 15.6. The van der Waals surface area contributed by atoms with Crippen LogP contribution < -0.4 is 5.63 Å². The first kappa shape index (κ1) is 9.86. The topological polar surface area (TPSA) is 63.3 Å². The molecule has 0 bridgehead atoms. The lowest BCUT2D eigenvalue weighted by atomic mass is 10.2. The molecule has 1 unspecified atom stereocenters. The zero-order chi connectivity index (χ0) is 10.8. The second kappa shape index (κ2) is 3.82. The number of rotatable bonds is 2. The molecule has 4 heteroatoms. The Labute approximate surface area is 86.2 Å². The largest absolute Gasteiger partial charge is 0.408 e. The molecule has 0 aliphatic heterocycles. The van der Waals surface area contributed by atoms with Crippen molar-refractivity contribution < 1.29 is 9.52 Å². The summed E-state index contributed by atoms with van der Waals surface area (Å²) in [5.41, 5.74) is 0.195. The third-order valence-electron chi connectivity index (χ3n) is 2.05. The lowest BCUT2D eigenvalue weighted by molar-refractivity contribution is 0.183. The van der Waals surface area contributed by atoms with Gasteiger partial charge < -0.3 is 9.52 Å². The Balaban J connectivity index is 2.57. The number of aliphatic hydroxyl groups excluding tert-OH is 1. The maximum Gasteiger partial charge on any atom is 0.346 e. The van der Waals surface area contributed by atoms with Crippen molar-refractivity contribution in [2.75, 3.05) is 0 Å². The molecule has 15 heavy (non-hydrogen) atoms. The van der Waals surface area contributed by atoms with Crippen LogP contribution in [0.2, 0.25) is 0 Å². The molecular formula is C11H11NO3. The lowest BCUT2D eigenvalue weighted by Gasteiger charge is -2.02. The van der Waals surface area contributed by atoms with Gasteiger partial charge in [-0.15, -0.1) is 0 Å². The van der Waals surface area contributed by atoms with Gasteiger partial charge in [-0.3, -0.25) is 0 Å². The zero-order valence-corrected chi connectivity index (χ0v) is 8.30. The van der Waals surface area contributed by atoms with Crippen molar-refractivity contribution in [2.45, 2.75) is 19.4 Å². The Morgan fingerprint density at radius 3 is 2.93 bits per heavy atom. The Morgan fingerprint density at radius 2 is 2.20 bits per heavy atom. The molecule has 1 N–H and O–H groups in total. The fourth-order valence-electron chi connectivity index (χ4n) is 1.40. The first-order valence-electron chi connectivity index (χ1n) is 4.73. The van der Waals surface area contributed by atoms with Crippen molar-refractivity contribution >= 4 is 10.9 Å². The third kappa shape index (κ3) is 2.05. The van der Waals surface area contributed by atoms with E-state index >= 15 is 0 Å². The van der Waals surface area contributed by atoms with E-state index in [2.05, 4.69) is 4.98 Å². The zero-order valence-electron chi connectivity index (χ0n) is 8.30. The highest BCUT2D eigenvalue weighted by Crippen LogP contribution is 2.08. The van der Waals surface area contributed by atoms with Gasteiger partial charge in [0.1, 0.15) is 0 Å². The fourth-order valence-corrected chi connectivity index (χ4v) is 1.40. The van der Waals surface area contributed by atoms with Gasteiger partial charge in [0.05, 0.1) is 23.4 Å². The molecule has 1 atom stereocenters. The van der Waals surface area contributed by atoms with Crippen LogP contribution in [-0.2, 0) is 6.42 Å². The molecule has 0 amide bonds. The first-order valence-corrected chi connectivity index (χ1v) is 4.73. The number of nitrogens with zero attached hydrogens (tertiary/aromatic N) is 1. The van der Waals surface area contributed by atoms with Gasteiger partial charge in [-0.25, -0.2) is 9.78 Å². The normalized spacial score (nSPS) is 12.9. The van der Waals surface area contributed by atoms with Gasteiger partial charge in [-0.1, -0.05) is 12.1 Å². The first-order chi connectivity index (χ1) is 7.16. The van der Waals surface area contributed by atoms with E-state index in [4.69, 9.17) is 9.52 Å². The number of hydrogen-bond acceptors (Lipinski definition) is 4. The second-order valence-corrected chi connectivity index (χ2v) is 3.47. The number of benzene rings is 1. The van der Waals surface area contributed by atoms with Gasteiger partial charge in [-0.05, 0) is 19.1 Å². The summed E-state index contributed by atoms with van der Waals surface area (Å²) in [6, 6.07) is 6.98. The number of fused-ring (bicyclic) bond motifs is 1. The van der Waals surface area contributed by atoms with E-state index in [0.717, 1.165) is 0 Å². The van der Waals surface area contributed by atoms with Crippen molar-refractivity contribution in [3.63, 3.8) is 0 Å². The third-order valence-corrected chi connectivity index (χ3v) is 2.05. The molecule has 1 aromatic carbocycles. The average molecular weight is 205 g/mol. The van der Waals surface area contributed by atoms with Gasteiger partial charge in [-0.2, -0.15) is 0 Å². The molecule has 2 aromatic rings. The van der Waals surface area contributed by atoms with E-state index in [9.17, 15) is 4.79 Å². The molecule has 78 valence electrons. The second-order valence-electron chi connectivity index (χ2n) is 3.47. The highest BCUT2D eigenvalue weighted by Gasteiger charge is 2.07. The summed E-state index contributed by atoms with van der Waals surface area (Å²) in [5, 5.41) is 9.63. The van der Waals surface area contributed by atoms with E-state index < -0.39 is 11.7 Å². The Bertz CT molecular complexity index is 531. The molecule has 1 heterocycles. The Hall–Kier alpha value is -1.68. The van der Waals surface area contributed by atoms with Gasteiger partial charge >= 0.3 is 5.63 Å². The van der Waals surface area contributed by atoms with Crippen LogP contribution in [0.15, 0.2) is 33.5 Å². The predicted octanol–water partition coefficient (Wildman–Crippen LogP) is 1.11. The van der Waals surface area contributed by atoms with Gasteiger partial charge in [0, 0.05) is 0 Å². The molecule has 0 spiro atoms. The summed E-state index contributed by atoms with van der Waals surface area (Å²) in [7, 11) is 0. The molecule has 0 saturated carbocycles. The Kier molecular flexibility index (Phi) is 2.51. The van der Waals surface area contributed by atoms with Crippen LogP contribution >= 0.6 is 0 Å². The summed E-state index contributed by atoms with van der Waals surface area (Å²) in [6.07, 6.45) is -0.318. The van der Waals surface area contributed by atoms with E-state index in [1.54, 1.807) is 31.2 Å². The van der Waals surface area contributed by atoms with Crippen LogP contribution in [0.25, 0.3) is 10.9 Å². The van der Waals surface area contributed by atoms with E-state index in [-0.39, 0.29) is 12.3 Å². The minimum atomic E-state index is -0.568. The van der Waals surface area contributed by atoms with Crippen LogP contribution in [0.4, 0.5) is 0 Å². The fraction of sp³-hybridized carbons (Fsp3) is 0.273. The summed E-state index contributed by atoms with van der Waals surface area (Å²) < 4.78 is 4.97. The van der Waals surface area contributed by atoms with Crippen LogP contribution in [0.5, 0.6) is 0 Å². The van der Waals surface area contributed by atoms with Crippen LogP contribution in [0.1, 0.15) is 12.8 Å². The van der Waals surface area contributed by atoms with E-state index in [1.807, 2.05) is 0 Å². The maximum absolute atomic E-state index is 11.5. The smallest absolute Gasteiger partial charge is 0.346 e. The molecule has 0 radical (unpaired) electrons. The summed E-state index contributed by atoms with van der Waals surface area (Å²) in [6.45, 7) is 1.62. The van der Waals surface area contributed by atoms with Crippen molar-refractivity contribution in [1.82, 2.24) is 4.98 Å². The molecule has 0 saturated heterocycles. The molecule has 1 aromatic heterocycles. The molecule has 0 aliphatic carbocycles. The van der Waals surface area contributed by atoms with Crippen LogP contribution in [0, 0.1) is 0 Å². The monoisotopic (exact) mass is 205 g/mol. The Morgan fingerprint density at radius 1 is 1.47 bits per heavy atom. The highest BCUT2D eigenvalue weighted by atomic mass is 16.4. The van der Waals surface area contributed by atoms with Crippen molar-refractivity contribution in [3.8, 4) is 0 Å². The molecular weight excluding hydrogens is 194 g/mol. The number of aromatic nitrogens is 1. The minimum absolute atomic E-state index is 0.250. The molecule has 0 aliphatic rings. The number of hydrogen-bond donors (Lipinski definition) is 1. The minimum Gasteiger partial charge on any atom is -0.408 e. The van der Waals surface area contributed by atoms with Crippen molar-refractivity contribution in [3.05, 3.63) is 40.6 Å².